The van der Waals surface area contributed by atoms with Crippen molar-refractivity contribution in [2.24, 2.45) is 5.92 Å². The molecular formula is C21H33N3O3S2. The van der Waals surface area contributed by atoms with Crippen LogP contribution in [0.5, 0.6) is 0 Å². The number of nitrogens with zero attached hydrogens (tertiary/aromatic N) is 3. The molecule has 0 saturated carbocycles. The molecule has 0 spiro atoms. The molecule has 0 radical (unpaired) electrons. The molecule has 1 aliphatic heterocycles. The van der Waals surface area contributed by atoms with Crippen LogP contribution < -0.4 is 0 Å². The van der Waals surface area contributed by atoms with Crippen molar-refractivity contribution < 1.29 is 13.2 Å². The molecule has 162 valence electrons. The molecular weight excluding hydrogens is 406 g/mol. The summed E-state index contributed by atoms with van der Waals surface area (Å²) in [5, 5.41) is 0.998. The van der Waals surface area contributed by atoms with E-state index in [0.29, 0.717) is 23.9 Å². The number of fused-ring (bicyclic) bond motifs is 1. The molecule has 0 aliphatic carbocycles. The number of aromatic nitrogens is 2. The van der Waals surface area contributed by atoms with Gasteiger partial charge in [0, 0.05) is 38.6 Å². The summed E-state index contributed by atoms with van der Waals surface area (Å²) in [5.74, 6) is 1.69. The van der Waals surface area contributed by atoms with Crippen LogP contribution in [0.25, 0.3) is 11.0 Å². The zero-order chi connectivity index (χ0) is 20.9. The molecule has 1 aliphatic rings. The first-order chi connectivity index (χ1) is 14.0. The fourth-order valence-electron chi connectivity index (χ4n) is 3.71. The zero-order valence-electron chi connectivity index (χ0n) is 17.8. The Hall–Kier alpha value is -1.09. The van der Waals surface area contributed by atoms with E-state index in [1.165, 1.54) is 4.31 Å². The standard InChI is InChI=1S/C21H33N3O3S2/c1-4-7-12-24-20-9-8-18(29(25,26)23(5-2)6-3)15-19(20)22-21(24)28-16-17-10-13-27-14-11-17/h8-9,15,17H,4-7,10-14,16H2,1-3H3. The number of aryl methyl sites for hydroxylation is 1. The molecule has 2 heterocycles. The average molecular weight is 440 g/mol. The third-order valence-corrected chi connectivity index (χ3v) is 8.81. The van der Waals surface area contributed by atoms with Gasteiger partial charge in [0.1, 0.15) is 0 Å². The predicted octanol–water partition coefficient (Wildman–Crippen LogP) is 4.39. The number of rotatable bonds is 10. The van der Waals surface area contributed by atoms with E-state index in [2.05, 4.69) is 11.5 Å². The second-order valence-electron chi connectivity index (χ2n) is 7.51. The lowest BCUT2D eigenvalue weighted by atomic mass is 10.0. The maximum atomic E-state index is 12.9. The average Bonchev–Trinajstić information content (AvgIpc) is 3.08. The molecule has 1 aromatic heterocycles. The minimum atomic E-state index is -3.48. The van der Waals surface area contributed by atoms with Gasteiger partial charge >= 0.3 is 0 Å². The van der Waals surface area contributed by atoms with Gasteiger partial charge in [-0.05, 0) is 43.4 Å². The van der Waals surface area contributed by atoms with E-state index in [1.54, 1.807) is 23.9 Å². The first-order valence-corrected chi connectivity index (χ1v) is 13.1. The number of benzene rings is 1. The van der Waals surface area contributed by atoms with E-state index in [1.807, 2.05) is 19.9 Å². The molecule has 0 amide bonds. The number of unbranched alkanes of at least 4 members (excludes halogenated alkanes) is 1. The highest BCUT2D eigenvalue weighted by atomic mass is 32.2. The van der Waals surface area contributed by atoms with Gasteiger partial charge in [0.25, 0.3) is 0 Å². The molecule has 6 nitrogen and oxygen atoms in total. The van der Waals surface area contributed by atoms with Crippen molar-refractivity contribution in [1.82, 2.24) is 13.9 Å². The van der Waals surface area contributed by atoms with Crippen LogP contribution in [0.1, 0.15) is 46.5 Å². The van der Waals surface area contributed by atoms with Crippen LogP contribution in [-0.4, -0.2) is 54.3 Å². The van der Waals surface area contributed by atoms with Gasteiger partial charge in [0.15, 0.2) is 5.16 Å². The summed E-state index contributed by atoms with van der Waals surface area (Å²) in [5.41, 5.74) is 1.79. The van der Waals surface area contributed by atoms with E-state index in [4.69, 9.17) is 9.72 Å². The van der Waals surface area contributed by atoms with Crippen molar-refractivity contribution in [3.63, 3.8) is 0 Å². The van der Waals surface area contributed by atoms with Crippen molar-refractivity contribution in [3.05, 3.63) is 18.2 Å². The van der Waals surface area contributed by atoms with Gasteiger partial charge in [0.2, 0.25) is 10.0 Å². The summed E-state index contributed by atoms with van der Waals surface area (Å²) in [7, 11) is -3.48. The molecule has 3 rings (SSSR count). The van der Waals surface area contributed by atoms with Crippen molar-refractivity contribution in [2.75, 3.05) is 32.1 Å². The first kappa shape index (κ1) is 22.6. The monoisotopic (exact) mass is 439 g/mol. The molecule has 2 aromatic rings. The van der Waals surface area contributed by atoms with E-state index >= 15 is 0 Å². The van der Waals surface area contributed by atoms with Gasteiger partial charge < -0.3 is 9.30 Å². The van der Waals surface area contributed by atoms with Crippen LogP contribution in [-0.2, 0) is 21.3 Å². The first-order valence-electron chi connectivity index (χ1n) is 10.7. The quantitative estimate of drug-likeness (QED) is 0.514. The summed E-state index contributed by atoms with van der Waals surface area (Å²) < 4.78 is 35.0. The Morgan fingerprint density at radius 2 is 1.93 bits per heavy atom. The van der Waals surface area contributed by atoms with Crippen LogP contribution in [0, 0.1) is 5.92 Å². The lowest BCUT2D eigenvalue weighted by Crippen LogP contribution is -2.30. The largest absolute Gasteiger partial charge is 0.381 e. The van der Waals surface area contributed by atoms with Crippen LogP contribution in [0.15, 0.2) is 28.3 Å². The number of hydrogen-bond acceptors (Lipinski definition) is 5. The van der Waals surface area contributed by atoms with Gasteiger partial charge in [-0.15, -0.1) is 0 Å². The van der Waals surface area contributed by atoms with Crippen LogP contribution in [0.2, 0.25) is 0 Å². The van der Waals surface area contributed by atoms with E-state index in [-0.39, 0.29) is 0 Å². The number of sulfonamides is 1. The van der Waals surface area contributed by atoms with Crippen molar-refractivity contribution in [3.8, 4) is 0 Å². The Morgan fingerprint density at radius 3 is 2.59 bits per heavy atom. The molecule has 0 unspecified atom stereocenters. The zero-order valence-corrected chi connectivity index (χ0v) is 19.4. The van der Waals surface area contributed by atoms with Crippen LogP contribution >= 0.6 is 11.8 Å². The van der Waals surface area contributed by atoms with Crippen molar-refractivity contribution in [1.29, 1.82) is 0 Å². The Balaban J connectivity index is 1.91. The highest BCUT2D eigenvalue weighted by molar-refractivity contribution is 7.99. The topological polar surface area (TPSA) is 64.4 Å². The van der Waals surface area contributed by atoms with Gasteiger partial charge in [-0.3, -0.25) is 0 Å². The number of hydrogen-bond donors (Lipinski definition) is 0. The second kappa shape index (κ2) is 10.3. The van der Waals surface area contributed by atoms with Gasteiger partial charge in [-0.25, -0.2) is 13.4 Å². The van der Waals surface area contributed by atoms with E-state index < -0.39 is 10.0 Å². The van der Waals surface area contributed by atoms with E-state index in [9.17, 15) is 8.42 Å². The Labute approximate surface area is 179 Å². The Bertz CT molecular complexity index is 901. The number of imidazole rings is 1. The second-order valence-corrected chi connectivity index (χ2v) is 10.4. The third-order valence-electron chi connectivity index (χ3n) is 5.55. The highest BCUT2D eigenvalue weighted by Gasteiger charge is 2.23. The molecule has 0 atom stereocenters. The summed E-state index contributed by atoms with van der Waals surface area (Å²) in [4.78, 5) is 5.18. The summed E-state index contributed by atoms with van der Waals surface area (Å²) >= 11 is 1.79. The SMILES string of the molecule is CCCCn1c(SCC2CCOCC2)nc2cc(S(=O)(=O)N(CC)CC)ccc21. The molecule has 1 saturated heterocycles. The fourth-order valence-corrected chi connectivity index (χ4v) is 6.41. The van der Waals surface area contributed by atoms with Crippen molar-refractivity contribution >= 4 is 32.8 Å². The van der Waals surface area contributed by atoms with Crippen molar-refractivity contribution in [2.45, 2.75) is 63.1 Å². The minimum Gasteiger partial charge on any atom is -0.381 e. The van der Waals surface area contributed by atoms with E-state index in [0.717, 1.165) is 67.4 Å². The smallest absolute Gasteiger partial charge is 0.243 e. The maximum Gasteiger partial charge on any atom is 0.243 e. The molecule has 8 heteroatoms. The molecule has 0 bridgehead atoms. The van der Waals surface area contributed by atoms with Gasteiger partial charge in [-0.1, -0.05) is 39.0 Å². The number of thioether (sulfide) groups is 1. The fraction of sp³-hybridized carbons (Fsp3) is 0.667. The minimum absolute atomic E-state index is 0.329. The van der Waals surface area contributed by atoms with Gasteiger partial charge in [-0.2, -0.15) is 4.31 Å². The lowest BCUT2D eigenvalue weighted by Gasteiger charge is -2.21. The highest BCUT2D eigenvalue weighted by Crippen LogP contribution is 2.30. The summed E-state index contributed by atoms with van der Waals surface area (Å²) in [6.07, 6.45) is 4.40. The molecule has 1 fully saturated rings. The molecule has 1 aromatic carbocycles. The normalized spacial score (nSPS) is 16.1. The predicted molar refractivity (Wildman–Crippen MR) is 119 cm³/mol. The Morgan fingerprint density at radius 1 is 1.21 bits per heavy atom. The third kappa shape index (κ3) is 5.16. The van der Waals surface area contributed by atoms with Gasteiger partial charge in [0.05, 0.1) is 15.9 Å². The summed E-state index contributed by atoms with van der Waals surface area (Å²) in [6, 6.07) is 5.39. The molecule has 0 N–H and O–H groups in total. The lowest BCUT2D eigenvalue weighted by molar-refractivity contribution is 0.0727. The molecule has 29 heavy (non-hydrogen) atoms. The Kier molecular flexibility index (Phi) is 8.01. The van der Waals surface area contributed by atoms with Crippen LogP contribution in [0.3, 0.4) is 0 Å². The maximum absolute atomic E-state index is 12.9. The number of ether oxygens (including phenoxy) is 1. The van der Waals surface area contributed by atoms with Crippen LogP contribution in [0.4, 0.5) is 0 Å². The summed E-state index contributed by atoms with van der Waals surface area (Å²) in [6.45, 7) is 9.46.